The summed E-state index contributed by atoms with van der Waals surface area (Å²) < 4.78 is 19.9. The lowest BCUT2D eigenvalue weighted by atomic mass is 10.1. The first kappa shape index (κ1) is 27.8. The summed E-state index contributed by atoms with van der Waals surface area (Å²) >= 11 is 0. The Labute approximate surface area is 268 Å². The summed E-state index contributed by atoms with van der Waals surface area (Å²) in [6.07, 6.45) is 0. The fraction of sp³-hybridized carbons (Fsp3) is 0. The first-order valence-corrected chi connectivity index (χ1v) is 16.8. The summed E-state index contributed by atoms with van der Waals surface area (Å²) in [6.45, 7) is 0. The maximum absolute atomic E-state index is 15.9. The highest BCUT2D eigenvalue weighted by atomic mass is 31.2. The average molecular weight is 613 g/mol. The van der Waals surface area contributed by atoms with Crippen LogP contribution in [0.1, 0.15) is 0 Å². The summed E-state index contributed by atoms with van der Waals surface area (Å²) in [6, 6.07) is 58.3. The second-order valence-corrected chi connectivity index (χ2v) is 13.5. The largest absolute Gasteiger partial charge is 0.301 e. The van der Waals surface area contributed by atoms with E-state index >= 15 is 4.57 Å². The molecule has 0 unspecified atom stereocenters. The van der Waals surface area contributed by atoms with Crippen molar-refractivity contribution in [2.24, 2.45) is 0 Å². The van der Waals surface area contributed by atoms with Crippen LogP contribution in [0.2, 0.25) is 0 Å². The molecule has 5 nitrogen and oxygen atoms in total. The molecule has 0 fully saturated rings. The summed E-state index contributed by atoms with van der Waals surface area (Å²) in [4.78, 5) is 10.0. The zero-order valence-electron chi connectivity index (χ0n) is 24.9. The van der Waals surface area contributed by atoms with E-state index in [1.54, 1.807) is 0 Å². The van der Waals surface area contributed by atoms with Crippen molar-refractivity contribution in [2.45, 2.75) is 0 Å². The van der Waals surface area contributed by atoms with E-state index in [1.807, 2.05) is 161 Å². The van der Waals surface area contributed by atoms with Crippen LogP contribution in [0.25, 0.3) is 33.9 Å². The molecule has 0 saturated heterocycles. The summed E-state index contributed by atoms with van der Waals surface area (Å²) in [5.74, 6) is 0.611. The zero-order chi connectivity index (χ0) is 30.9. The Kier molecular flexibility index (Phi) is 7.01. The Morgan fingerprint density at radius 1 is 0.413 bits per heavy atom. The number of anilines is 4. The Morgan fingerprint density at radius 3 is 1.24 bits per heavy atom. The highest BCUT2D eigenvalue weighted by molar-refractivity contribution is 7.76. The van der Waals surface area contributed by atoms with Crippen LogP contribution < -0.4 is 14.6 Å². The highest BCUT2D eigenvalue weighted by Gasteiger charge is 2.48. The minimum Gasteiger partial charge on any atom is -0.270 e. The minimum atomic E-state index is -3.47. The quantitative estimate of drug-likeness (QED) is 0.175. The Balaban J connectivity index is 1.28. The second-order valence-electron chi connectivity index (χ2n) is 11.1. The van der Waals surface area contributed by atoms with Crippen LogP contribution in [-0.2, 0) is 4.57 Å². The van der Waals surface area contributed by atoms with E-state index in [-0.39, 0.29) is 0 Å². The average Bonchev–Trinajstić information content (AvgIpc) is 3.42. The molecule has 0 N–H and O–H groups in total. The molecule has 0 amide bonds. The van der Waals surface area contributed by atoms with Crippen LogP contribution in [0.5, 0.6) is 0 Å². The van der Waals surface area contributed by atoms with E-state index in [9.17, 15) is 0 Å². The molecule has 7 aromatic rings. The van der Waals surface area contributed by atoms with Crippen molar-refractivity contribution in [1.82, 2.24) is 9.97 Å². The van der Waals surface area contributed by atoms with Gasteiger partial charge in [-0.05, 0) is 54.6 Å². The van der Waals surface area contributed by atoms with Crippen molar-refractivity contribution in [3.05, 3.63) is 176 Å². The maximum atomic E-state index is 15.9. The lowest BCUT2D eigenvalue weighted by molar-refractivity contribution is 0.582. The predicted molar refractivity (Wildman–Crippen MR) is 189 cm³/mol. The van der Waals surface area contributed by atoms with Gasteiger partial charge in [0, 0.05) is 28.1 Å². The number of benzene rings is 6. The molecule has 0 spiro atoms. The standard InChI is InChI=1S/C40H29N4OP/c45-46(43(33-19-9-3-10-20-33)38-23-13-14-24-39(38)44(46)34-21-11-4-12-22-34)35-27-25-32(26-28-35)40-41-36(30-15-5-1-6-16-30)29-37(42-40)31-17-7-2-8-18-31/h1-29H. The molecular formula is C40H29N4OP. The summed E-state index contributed by atoms with van der Waals surface area (Å²) in [5, 5.41) is 0.711. The number of hydrogen-bond donors (Lipinski definition) is 0. The molecule has 1 aliphatic rings. The molecule has 6 heteroatoms. The topological polar surface area (TPSA) is 49.3 Å². The molecule has 0 radical (unpaired) electrons. The summed E-state index contributed by atoms with van der Waals surface area (Å²) in [7, 11) is -3.47. The molecule has 0 saturated carbocycles. The van der Waals surface area contributed by atoms with E-state index in [1.165, 1.54) is 0 Å². The van der Waals surface area contributed by atoms with Gasteiger partial charge in [-0.3, -0.25) is 13.9 Å². The lowest BCUT2D eigenvalue weighted by Crippen LogP contribution is -2.26. The van der Waals surface area contributed by atoms with Crippen molar-refractivity contribution < 1.29 is 4.57 Å². The van der Waals surface area contributed by atoms with Crippen molar-refractivity contribution >= 4 is 35.5 Å². The molecule has 220 valence electrons. The molecule has 0 aliphatic carbocycles. The van der Waals surface area contributed by atoms with Gasteiger partial charge in [-0.2, -0.15) is 0 Å². The minimum absolute atomic E-state index is 0.611. The maximum Gasteiger partial charge on any atom is 0.301 e. The number of nitrogens with zero attached hydrogens (tertiary/aromatic N) is 4. The highest BCUT2D eigenvalue weighted by Crippen LogP contribution is 2.69. The van der Waals surface area contributed by atoms with Gasteiger partial charge in [0.15, 0.2) is 5.82 Å². The van der Waals surface area contributed by atoms with E-state index in [2.05, 4.69) is 24.3 Å². The third-order valence-electron chi connectivity index (χ3n) is 8.21. The van der Waals surface area contributed by atoms with E-state index in [0.29, 0.717) is 11.1 Å². The fourth-order valence-electron chi connectivity index (χ4n) is 6.06. The van der Waals surface area contributed by atoms with Crippen molar-refractivity contribution in [2.75, 3.05) is 9.34 Å². The molecule has 0 atom stereocenters. The SMILES string of the molecule is O=P1(c2ccc(-c3nc(-c4ccccc4)cc(-c4ccccc4)n3)cc2)N(c2ccccc2)c2ccccc2N1c1ccccc1. The molecule has 2 heterocycles. The van der Waals surface area contributed by atoms with Gasteiger partial charge in [0.1, 0.15) is 0 Å². The Bertz CT molecular complexity index is 2050. The second kappa shape index (κ2) is 11.6. The van der Waals surface area contributed by atoms with Crippen LogP contribution in [0.3, 0.4) is 0 Å². The van der Waals surface area contributed by atoms with E-state index in [0.717, 1.165) is 50.8 Å². The fourth-order valence-corrected chi connectivity index (χ4v) is 9.05. The van der Waals surface area contributed by atoms with Gasteiger partial charge in [-0.25, -0.2) is 9.97 Å². The van der Waals surface area contributed by atoms with Gasteiger partial charge in [-0.15, -0.1) is 0 Å². The predicted octanol–water partition coefficient (Wildman–Crippen LogP) is 10.3. The van der Waals surface area contributed by atoms with Gasteiger partial charge in [0.05, 0.1) is 28.1 Å². The molecule has 0 bridgehead atoms. The Hall–Kier alpha value is -5.77. The molecule has 6 aromatic carbocycles. The van der Waals surface area contributed by atoms with Gasteiger partial charge in [0.25, 0.3) is 0 Å². The zero-order valence-corrected chi connectivity index (χ0v) is 25.8. The third-order valence-corrected chi connectivity index (χ3v) is 11.2. The van der Waals surface area contributed by atoms with Gasteiger partial charge < -0.3 is 0 Å². The third kappa shape index (κ3) is 4.79. The normalized spacial score (nSPS) is 13.4. The van der Waals surface area contributed by atoms with Crippen LogP contribution in [0, 0.1) is 0 Å². The van der Waals surface area contributed by atoms with Crippen molar-refractivity contribution in [3.8, 4) is 33.9 Å². The van der Waals surface area contributed by atoms with Gasteiger partial charge in [0.2, 0.25) is 0 Å². The monoisotopic (exact) mass is 612 g/mol. The molecular weight excluding hydrogens is 583 g/mol. The number of aromatic nitrogens is 2. The molecule has 46 heavy (non-hydrogen) atoms. The number of fused-ring (bicyclic) bond motifs is 1. The molecule has 1 aliphatic heterocycles. The smallest absolute Gasteiger partial charge is 0.270 e. The van der Waals surface area contributed by atoms with E-state index < -0.39 is 7.44 Å². The Morgan fingerprint density at radius 2 is 0.804 bits per heavy atom. The number of rotatable bonds is 6. The van der Waals surface area contributed by atoms with Crippen LogP contribution in [0.4, 0.5) is 22.7 Å². The molecule has 8 rings (SSSR count). The van der Waals surface area contributed by atoms with Gasteiger partial charge >= 0.3 is 7.44 Å². The first-order valence-electron chi connectivity index (χ1n) is 15.2. The lowest BCUT2D eigenvalue weighted by Gasteiger charge is -2.33. The first-order chi connectivity index (χ1) is 22.7. The number of hydrogen-bond acceptors (Lipinski definition) is 3. The number of para-hydroxylation sites is 4. The van der Waals surface area contributed by atoms with Crippen LogP contribution in [0.15, 0.2) is 176 Å². The van der Waals surface area contributed by atoms with Crippen molar-refractivity contribution in [1.29, 1.82) is 0 Å². The molecule has 1 aromatic heterocycles. The van der Waals surface area contributed by atoms with Crippen LogP contribution in [-0.4, -0.2) is 9.97 Å². The van der Waals surface area contributed by atoms with Crippen molar-refractivity contribution in [3.63, 3.8) is 0 Å². The summed E-state index contributed by atoms with van der Waals surface area (Å²) in [5.41, 5.74) is 8.11. The van der Waals surface area contributed by atoms with E-state index in [4.69, 9.17) is 9.97 Å². The van der Waals surface area contributed by atoms with Crippen LogP contribution >= 0.6 is 7.44 Å². The van der Waals surface area contributed by atoms with Gasteiger partial charge in [-0.1, -0.05) is 121 Å².